The highest BCUT2D eigenvalue weighted by Gasteiger charge is 1.91. The summed E-state index contributed by atoms with van der Waals surface area (Å²) >= 11 is 0. The molecule has 0 radical (unpaired) electrons. The molecular formula is C13H29NO. The van der Waals surface area contributed by atoms with Gasteiger partial charge < -0.3 is 10.1 Å². The highest BCUT2D eigenvalue weighted by Crippen LogP contribution is 2.07. The monoisotopic (exact) mass is 215 g/mol. The maximum atomic E-state index is 4.96. The number of methoxy groups -OCH3 is 1. The van der Waals surface area contributed by atoms with E-state index in [-0.39, 0.29) is 0 Å². The van der Waals surface area contributed by atoms with E-state index >= 15 is 0 Å². The first-order valence-corrected chi connectivity index (χ1v) is 6.61. The molecule has 2 heteroatoms. The van der Waals surface area contributed by atoms with Crippen LogP contribution in [0.5, 0.6) is 0 Å². The predicted octanol–water partition coefficient (Wildman–Crippen LogP) is 3.36. The molecule has 0 bridgehead atoms. The standard InChI is InChI=1S/C13H29NO/c1-3-4-5-6-7-8-9-10-11-14-12-13-15-2/h14H,3-13H2,1-2H3. The number of hydrogen-bond donors (Lipinski definition) is 1. The van der Waals surface area contributed by atoms with Crippen LogP contribution in [-0.4, -0.2) is 26.8 Å². The second kappa shape index (κ2) is 13.9. The van der Waals surface area contributed by atoms with Gasteiger partial charge in [-0.3, -0.25) is 0 Å². The van der Waals surface area contributed by atoms with Crippen molar-refractivity contribution in [2.75, 3.05) is 26.8 Å². The normalized spacial score (nSPS) is 10.8. The Morgan fingerprint density at radius 2 is 1.40 bits per heavy atom. The Morgan fingerprint density at radius 3 is 2.00 bits per heavy atom. The third kappa shape index (κ3) is 13.9. The third-order valence-electron chi connectivity index (χ3n) is 2.69. The van der Waals surface area contributed by atoms with Crippen molar-refractivity contribution < 1.29 is 4.74 Å². The average molecular weight is 215 g/mol. The Bertz CT molecular complexity index is 94.7. The minimum Gasteiger partial charge on any atom is -0.383 e. The first-order chi connectivity index (χ1) is 7.41. The van der Waals surface area contributed by atoms with Gasteiger partial charge in [-0.05, 0) is 13.0 Å². The van der Waals surface area contributed by atoms with Crippen LogP contribution in [0.1, 0.15) is 58.3 Å². The van der Waals surface area contributed by atoms with Crippen LogP contribution in [0.15, 0.2) is 0 Å². The van der Waals surface area contributed by atoms with E-state index in [9.17, 15) is 0 Å². The molecule has 0 unspecified atom stereocenters. The fourth-order valence-electron chi connectivity index (χ4n) is 1.68. The van der Waals surface area contributed by atoms with Crippen LogP contribution in [0.25, 0.3) is 0 Å². The van der Waals surface area contributed by atoms with Gasteiger partial charge in [0.05, 0.1) is 6.61 Å². The zero-order chi connectivity index (χ0) is 11.2. The molecule has 0 saturated heterocycles. The average Bonchev–Trinajstić information content (AvgIpc) is 2.26. The van der Waals surface area contributed by atoms with Gasteiger partial charge in [0, 0.05) is 13.7 Å². The molecule has 0 aliphatic heterocycles. The van der Waals surface area contributed by atoms with Crippen molar-refractivity contribution in [1.29, 1.82) is 0 Å². The summed E-state index contributed by atoms with van der Waals surface area (Å²) < 4.78 is 4.96. The Balaban J connectivity index is 2.81. The van der Waals surface area contributed by atoms with Gasteiger partial charge in [0.2, 0.25) is 0 Å². The molecule has 0 fully saturated rings. The van der Waals surface area contributed by atoms with E-state index < -0.39 is 0 Å². The van der Waals surface area contributed by atoms with Crippen molar-refractivity contribution in [2.45, 2.75) is 58.3 Å². The molecule has 0 heterocycles. The summed E-state index contributed by atoms with van der Waals surface area (Å²) in [6.07, 6.45) is 11.2. The Kier molecular flexibility index (Phi) is 13.8. The van der Waals surface area contributed by atoms with Crippen LogP contribution in [0.2, 0.25) is 0 Å². The molecule has 0 amide bonds. The van der Waals surface area contributed by atoms with Gasteiger partial charge in [-0.25, -0.2) is 0 Å². The lowest BCUT2D eigenvalue weighted by molar-refractivity contribution is 0.199. The summed E-state index contributed by atoms with van der Waals surface area (Å²) in [7, 11) is 1.75. The second-order valence-electron chi connectivity index (χ2n) is 4.22. The molecule has 0 aliphatic carbocycles. The number of unbranched alkanes of at least 4 members (excludes halogenated alkanes) is 7. The van der Waals surface area contributed by atoms with Gasteiger partial charge in [-0.1, -0.05) is 51.9 Å². The number of ether oxygens (including phenoxy) is 1. The van der Waals surface area contributed by atoms with Crippen LogP contribution < -0.4 is 5.32 Å². The SMILES string of the molecule is CCCCCCCCCCNCCOC. The predicted molar refractivity (Wildman–Crippen MR) is 67.4 cm³/mol. The molecule has 0 atom stereocenters. The summed E-state index contributed by atoms with van der Waals surface area (Å²) in [6.45, 7) is 5.24. The van der Waals surface area contributed by atoms with E-state index in [0.29, 0.717) is 0 Å². The maximum Gasteiger partial charge on any atom is 0.0587 e. The highest BCUT2D eigenvalue weighted by molar-refractivity contribution is 4.49. The lowest BCUT2D eigenvalue weighted by Crippen LogP contribution is -2.20. The van der Waals surface area contributed by atoms with Gasteiger partial charge in [-0.15, -0.1) is 0 Å². The van der Waals surface area contributed by atoms with Crippen LogP contribution in [0, 0.1) is 0 Å². The number of nitrogens with one attached hydrogen (secondary N) is 1. The molecule has 0 aliphatic rings. The maximum absolute atomic E-state index is 4.96. The van der Waals surface area contributed by atoms with E-state index in [4.69, 9.17) is 4.74 Å². The quantitative estimate of drug-likeness (QED) is 0.504. The molecule has 1 N–H and O–H groups in total. The minimum absolute atomic E-state index is 0.830. The summed E-state index contributed by atoms with van der Waals surface area (Å²) in [5.41, 5.74) is 0. The van der Waals surface area contributed by atoms with E-state index in [2.05, 4.69) is 12.2 Å². The second-order valence-corrected chi connectivity index (χ2v) is 4.22. The summed E-state index contributed by atoms with van der Waals surface area (Å²) in [5.74, 6) is 0. The van der Waals surface area contributed by atoms with Crippen molar-refractivity contribution in [3.05, 3.63) is 0 Å². The van der Waals surface area contributed by atoms with Crippen molar-refractivity contribution in [3.63, 3.8) is 0 Å². The Labute approximate surface area is 95.8 Å². The fraction of sp³-hybridized carbons (Fsp3) is 1.00. The van der Waals surface area contributed by atoms with E-state index in [1.54, 1.807) is 7.11 Å². The first-order valence-electron chi connectivity index (χ1n) is 6.61. The van der Waals surface area contributed by atoms with Crippen molar-refractivity contribution in [2.24, 2.45) is 0 Å². The van der Waals surface area contributed by atoms with Gasteiger partial charge in [0.25, 0.3) is 0 Å². The van der Waals surface area contributed by atoms with Gasteiger partial charge in [0.1, 0.15) is 0 Å². The van der Waals surface area contributed by atoms with Crippen LogP contribution in [0.4, 0.5) is 0 Å². The topological polar surface area (TPSA) is 21.3 Å². The Hall–Kier alpha value is -0.0800. The van der Waals surface area contributed by atoms with Gasteiger partial charge in [-0.2, -0.15) is 0 Å². The molecule has 0 spiro atoms. The summed E-state index contributed by atoms with van der Waals surface area (Å²) in [4.78, 5) is 0. The number of rotatable bonds is 12. The van der Waals surface area contributed by atoms with E-state index in [1.807, 2.05) is 0 Å². The molecule has 0 aromatic rings. The highest BCUT2D eigenvalue weighted by atomic mass is 16.5. The molecule has 0 saturated carbocycles. The van der Waals surface area contributed by atoms with Crippen molar-refractivity contribution >= 4 is 0 Å². The van der Waals surface area contributed by atoms with E-state index in [0.717, 1.165) is 19.7 Å². The van der Waals surface area contributed by atoms with Crippen LogP contribution in [0.3, 0.4) is 0 Å². The molecular weight excluding hydrogens is 186 g/mol. The largest absolute Gasteiger partial charge is 0.383 e. The lowest BCUT2D eigenvalue weighted by Gasteiger charge is -2.04. The van der Waals surface area contributed by atoms with E-state index in [1.165, 1.54) is 51.4 Å². The minimum atomic E-state index is 0.830. The first kappa shape index (κ1) is 14.9. The van der Waals surface area contributed by atoms with Crippen LogP contribution >= 0.6 is 0 Å². The molecule has 0 aromatic carbocycles. The van der Waals surface area contributed by atoms with Crippen molar-refractivity contribution in [3.8, 4) is 0 Å². The summed E-state index contributed by atoms with van der Waals surface area (Å²) in [6, 6.07) is 0. The Morgan fingerprint density at radius 1 is 0.800 bits per heavy atom. The number of hydrogen-bond acceptors (Lipinski definition) is 2. The van der Waals surface area contributed by atoms with Gasteiger partial charge in [0.15, 0.2) is 0 Å². The fourth-order valence-corrected chi connectivity index (χ4v) is 1.68. The third-order valence-corrected chi connectivity index (χ3v) is 2.69. The molecule has 0 rings (SSSR count). The summed E-state index contributed by atoms with van der Waals surface area (Å²) in [5, 5.41) is 3.37. The lowest BCUT2D eigenvalue weighted by atomic mass is 10.1. The van der Waals surface area contributed by atoms with Gasteiger partial charge >= 0.3 is 0 Å². The molecule has 0 aromatic heterocycles. The molecule has 2 nitrogen and oxygen atoms in total. The smallest absolute Gasteiger partial charge is 0.0587 e. The zero-order valence-electron chi connectivity index (χ0n) is 10.7. The zero-order valence-corrected chi connectivity index (χ0v) is 10.7. The molecule has 15 heavy (non-hydrogen) atoms. The van der Waals surface area contributed by atoms with Crippen molar-refractivity contribution in [1.82, 2.24) is 5.32 Å². The van der Waals surface area contributed by atoms with Crippen LogP contribution in [-0.2, 0) is 4.74 Å². The molecule has 92 valence electrons.